The van der Waals surface area contributed by atoms with E-state index in [-0.39, 0.29) is 12.5 Å². The van der Waals surface area contributed by atoms with E-state index in [4.69, 9.17) is 0 Å². The van der Waals surface area contributed by atoms with Gasteiger partial charge in [0.1, 0.15) is 0 Å². The van der Waals surface area contributed by atoms with Crippen molar-refractivity contribution in [3.8, 4) is 0 Å². The van der Waals surface area contributed by atoms with Gasteiger partial charge in [0.15, 0.2) is 12.4 Å². The standard InChI is InChI=1S/C13H19N3O2/c1-3-7-14-13(18)15-12(17)10-16-8-5-11(4-2)6-9-16/h5-6,8-9H,3-4,7,10H2,1-2H3,(H-,14,15,17,18)/p+1. The molecule has 0 spiro atoms. The second-order valence-corrected chi connectivity index (χ2v) is 4.04. The van der Waals surface area contributed by atoms with Gasteiger partial charge in [-0.1, -0.05) is 13.8 Å². The lowest BCUT2D eigenvalue weighted by Gasteiger charge is -2.03. The lowest BCUT2D eigenvalue weighted by atomic mass is 10.2. The normalized spacial score (nSPS) is 9.89. The second kappa shape index (κ2) is 7.42. The van der Waals surface area contributed by atoms with E-state index in [2.05, 4.69) is 17.6 Å². The first-order chi connectivity index (χ1) is 8.65. The first kappa shape index (κ1) is 14.2. The molecule has 0 bridgehead atoms. The Morgan fingerprint density at radius 2 is 1.89 bits per heavy atom. The first-order valence-corrected chi connectivity index (χ1v) is 6.21. The van der Waals surface area contributed by atoms with E-state index < -0.39 is 6.03 Å². The van der Waals surface area contributed by atoms with Crippen LogP contribution in [-0.4, -0.2) is 18.5 Å². The molecule has 1 rings (SSSR count). The number of amides is 3. The number of aromatic nitrogens is 1. The summed E-state index contributed by atoms with van der Waals surface area (Å²) >= 11 is 0. The molecule has 2 N–H and O–H groups in total. The molecule has 0 saturated carbocycles. The molecule has 5 nitrogen and oxygen atoms in total. The largest absolute Gasteiger partial charge is 0.338 e. The molecule has 0 aliphatic heterocycles. The maximum Gasteiger partial charge on any atom is 0.321 e. The fourth-order valence-corrected chi connectivity index (χ4v) is 1.44. The number of rotatable bonds is 5. The molecule has 1 heterocycles. The summed E-state index contributed by atoms with van der Waals surface area (Å²) in [5.74, 6) is -0.321. The molecule has 0 atom stereocenters. The van der Waals surface area contributed by atoms with E-state index in [0.717, 1.165) is 12.8 Å². The summed E-state index contributed by atoms with van der Waals surface area (Å²) in [6.45, 7) is 4.73. The molecule has 18 heavy (non-hydrogen) atoms. The first-order valence-electron chi connectivity index (χ1n) is 6.21. The van der Waals surface area contributed by atoms with Crippen molar-refractivity contribution in [2.45, 2.75) is 33.2 Å². The van der Waals surface area contributed by atoms with Crippen LogP contribution in [0.2, 0.25) is 0 Å². The van der Waals surface area contributed by atoms with E-state index >= 15 is 0 Å². The van der Waals surface area contributed by atoms with Crippen LogP contribution in [0.4, 0.5) is 4.79 Å². The predicted molar refractivity (Wildman–Crippen MR) is 67.8 cm³/mol. The van der Waals surface area contributed by atoms with Crippen LogP contribution in [0.1, 0.15) is 25.8 Å². The molecule has 0 unspecified atom stereocenters. The van der Waals surface area contributed by atoms with Crippen LogP contribution in [0.5, 0.6) is 0 Å². The number of carbonyl (C=O) groups is 2. The number of urea groups is 1. The summed E-state index contributed by atoms with van der Waals surface area (Å²) in [6, 6.07) is 3.49. The molecule has 0 aromatic carbocycles. The smallest absolute Gasteiger partial charge is 0.321 e. The third-order valence-electron chi connectivity index (χ3n) is 2.48. The van der Waals surface area contributed by atoms with Crippen molar-refractivity contribution < 1.29 is 14.2 Å². The molecule has 1 aromatic heterocycles. The van der Waals surface area contributed by atoms with Crippen LogP contribution in [0, 0.1) is 0 Å². The van der Waals surface area contributed by atoms with Crippen molar-refractivity contribution in [3.05, 3.63) is 30.1 Å². The second-order valence-electron chi connectivity index (χ2n) is 4.04. The van der Waals surface area contributed by atoms with Crippen LogP contribution in [0.15, 0.2) is 24.5 Å². The van der Waals surface area contributed by atoms with Gasteiger partial charge in [0.05, 0.1) is 0 Å². The maximum absolute atomic E-state index is 11.5. The zero-order valence-electron chi connectivity index (χ0n) is 10.9. The van der Waals surface area contributed by atoms with E-state index in [1.807, 2.05) is 31.5 Å². The van der Waals surface area contributed by atoms with Crippen molar-refractivity contribution in [3.63, 3.8) is 0 Å². The molecule has 0 saturated heterocycles. The third-order valence-corrected chi connectivity index (χ3v) is 2.48. The topological polar surface area (TPSA) is 62.1 Å². The lowest BCUT2D eigenvalue weighted by molar-refractivity contribution is -0.684. The zero-order valence-corrected chi connectivity index (χ0v) is 10.9. The minimum atomic E-state index is -0.437. The fraction of sp³-hybridized carbons (Fsp3) is 0.462. The average molecular weight is 250 g/mol. The quantitative estimate of drug-likeness (QED) is 0.758. The Balaban J connectivity index is 2.41. The highest BCUT2D eigenvalue weighted by atomic mass is 16.2. The Hall–Kier alpha value is -1.91. The van der Waals surface area contributed by atoms with Gasteiger partial charge in [-0.25, -0.2) is 4.79 Å². The summed E-state index contributed by atoms with van der Waals surface area (Å²) < 4.78 is 1.74. The van der Waals surface area contributed by atoms with Crippen LogP contribution in [-0.2, 0) is 17.8 Å². The van der Waals surface area contributed by atoms with Crippen LogP contribution in [0.3, 0.4) is 0 Å². The van der Waals surface area contributed by atoms with Gasteiger partial charge < -0.3 is 5.32 Å². The Kier molecular flexibility index (Phi) is 5.84. The molecular weight excluding hydrogens is 230 g/mol. The number of nitrogens with one attached hydrogen (secondary N) is 2. The van der Waals surface area contributed by atoms with Gasteiger partial charge in [0, 0.05) is 18.7 Å². The number of nitrogens with zero attached hydrogens (tertiary/aromatic N) is 1. The maximum atomic E-state index is 11.5. The predicted octanol–water partition coefficient (Wildman–Crippen LogP) is 0.772. The number of hydrogen-bond acceptors (Lipinski definition) is 2. The van der Waals surface area contributed by atoms with Crippen LogP contribution in [0.25, 0.3) is 0 Å². The SMILES string of the molecule is CCCNC(=O)NC(=O)C[n+]1ccc(CC)cc1. The van der Waals surface area contributed by atoms with E-state index in [0.29, 0.717) is 6.54 Å². The van der Waals surface area contributed by atoms with Crippen molar-refractivity contribution >= 4 is 11.9 Å². The Morgan fingerprint density at radius 1 is 1.22 bits per heavy atom. The minimum Gasteiger partial charge on any atom is -0.338 e. The minimum absolute atomic E-state index is 0.142. The molecule has 5 heteroatoms. The van der Waals surface area contributed by atoms with Crippen molar-refractivity contribution in [1.82, 2.24) is 10.6 Å². The summed E-state index contributed by atoms with van der Waals surface area (Å²) in [6.07, 6.45) is 5.48. The molecular formula is C13H20N3O2+. The van der Waals surface area contributed by atoms with Gasteiger partial charge in [-0.3, -0.25) is 10.1 Å². The monoisotopic (exact) mass is 250 g/mol. The molecule has 3 amide bonds. The third kappa shape index (κ3) is 4.95. The number of imide groups is 1. The highest BCUT2D eigenvalue weighted by molar-refractivity contribution is 5.93. The molecule has 0 radical (unpaired) electrons. The van der Waals surface area contributed by atoms with Crippen molar-refractivity contribution in [2.24, 2.45) is 0 Å². The molecule has 0 fully saturated rings. The van der Waals surface area contributed by atoms with E-state index in [1.54, 1.807) is 4.57 Å². The Bertz CT molecular complexity index is 401. The lowest BCUT2D eigenvalue weighted by Crippen LogP contribution is -2.47. The molecule has 0 aliphatic rings. The van der Waals surface area contributed by atoms with Gasteiger partial charge in [-0.15, -0.1) is 0 Å². The van der Waals surface area contributed by atoms with Crippen LogP contribution < -0.4 is 15.2 Å². The van der Waals surface area contributed by atoms with Crippen molar-refractivity contribution in [1.29, 1.82) is 0 Å². The molecule has 1 aromatic rings. The molecule has 0 aliphatic carbocycles. The fourth-order valence-electron chi connectivity index (χ4n) is 1.44. The van der Waals surface area contributed by atoms with Gasteiger partial charge in [-0.2, -0.15) is 4.57 Å². The van der Waals surface area contributed by atoms with Gasteiger partial charge in [-0.05, 0) is 18.4 Å². The highest BCUT2D eigenvalue weighted by Crippen LogP contribution is 1.94. The average Bonchev–Trinajstić information content (AvgIpc) is 2.37. The number of hydrogen-bond donors (Lipinski definition) is 2. The highest BCUT2D eigenvalue weighted by Gasteiger charge is 2.11. The summed E-state index contributed by atoms with van der Waals surface area (Å²) in [5.41, 5.74) is 1.22. The Morgan fingerprint density at radius 3 is 2.44 bits per heavy atom. The van der Waals surface area contributed by atoms with E-state index in [9.17, 15) is 9.59 Å². The summed E-state index contributed by atoms with van der Waals surface area (Å²) in [7, 11) is 0. The van der Waals surface area contributed by atoms with E-state index in [1.165, 1.54) is 5.56 Å². The summed E-state index contributed by atoms with van der Waals surface area (Å²) in [4.78, 5) is 22.8. The Labute approximate surface area is 107 Å². The van der Waals surface area contributed by atoms with Crippen molar-refractivity contribution in [2.75, 3.05) is 6.54 Å². The van der Waals surface area contributed by atoms with Crippen LogP contribution >= 0.6 is 0 Å². The zero-order chi connectivity index (χ0) is 13.4. The summed E-state index contributed by atoms with van der Waals surface area (Å²) in [5, 5.41) is 4.87. The van der Waals surface area contributed by atoms with Gasteiger partial charge in [0.2, 0.25) is 6.54 Å². The number of aryl methyl sites for hydroxylation is 1. The van der Waals surface area contributed by atoms with Gasteiger partial charge >= 0.3 is 6.03 Å². The van der Waals surface area contributed by atoms with Gasteiger partial charge in [0.25, 0.3) is 5.91 Å². The molecule has 98 valence electrons. The number of carbonyl (C=O) groups excluding carboxylic acids is 2. The number of pyridine rings is 1.